The summed E-state index contributed by atoms with van der Waals surface area (Å²) in [5, 5.41) is 14.2. The van der Waals surface area contributed by atoms with E-state index in [-0.39, 0.29) is 11.9 Å². The van der Waals surface area contributed by atoms with Gasteiger partial charge >= 0.3 is 5.97 Å². The molecular weight excluding hydrogens is 358 g/mol. The number of carbonyl (C=O) groups is 1. The van der Waals surface area contributed by atoms with Gasteiger partial charge in [-0.1, -0.05) is 17.7 Å². The molecular formula is C19H23N7O2. The first-order chi connectivity index (χ1) is 13.6. The van der Waals surface area contributed by atoms with Crippen LogP contribution < -0.4 is 10.2 Å². The molecule has 1 saturated heterocycles. The van der Waals surface area contributed by atoms with Gasteiger partial charge in [-0.3, -0.25) is 4.79 Å². The number of carbonyl (C=O) groups excluding carboxylic acids is 1. The second-order valence-electron chi connectivity index (χ2n) is 6.90. The van der Waals surface area contributed by atoms with Crippen LogP contribution in [0.1, 0.15) is 25.3 Å². The standard InChI is InChI=1S/C19H23N7O2/c1-3-28-18(27)13-5-4-10-26(11-13)19-21-16(15-17(22-19)24-25-23-15)20-14-8-6-12(2)7-9-14/h6-9,13H,3-5,10-11H2,1-2H3,(H2,20,21,22,23,24,25). The Bertz CT molecular complexity index is 970. The minimum atomic E-state index is -0.168. The number of aryl methyl sites for hydroxylation is 1. The highest BCUT2D eigenvalue weighted by molar-refractivity contribution is 5.85. The van der Waals surface area contributed by atoms with Crippen molar-refractivity contribution in [1.82, 2.24) is 25.4 Å². The predicted octanol–water partition coefficient (Wildman–Crippen LogP) is 2.58. The third-order valence-corrected chi connectivity index (χ3v) is 4.81. The molecule has 0 amide bonds. The molecule has 0 aliphatic carbocycles. The van der Waals surface area contributed by atoms with Crippen LogP contribution in [0.25, 0.3) is 11.2 Å². The highest BCUT2D eigenvalue weighted by Gasteiger charge is 2.29. The molecule has 146 valence electrons. The third-order valence-electron chi connectivity index (χ3n) is 4.81. The molecule has 0 saturated carbocycles. The van der Waals surface area contributed by atoms with Crippen molar-refractivity contribution in [2.24, 2.45) is 5.92 Å². The summed E-state index contributed by atoms with van der Waals surface area (Å²) in [6.07, 6.45) is 1.69. The molecule has 2 N–H and O–H groups in total. The van der Waals surface area contributed by atoms with Crippen LogP contribution >= 0.6 is 0 Å². The molecule has 3 aromatic rings. The van der Waals surface area contributed by atoms with Crippen molar-refractivity contribution < 1.29 is 9.53 Å². The van der Waals surface area contributed by atoms with Crippen molar-refractivity contribution in [3.8, 4) is 0 Å². The molecule has 1 unspecified atom stereocenters. The molecule has 2 aromatic heterocycles. The maximum atomic E-state index is 12.2. The zero-order valence-corrected chi connectivity index (χ0v) is 16.0. The van der Waals surface area contributed by atoms with Gasteiger partial charge in [0, 0.05) is 18.8 Å². The van der Waals surface area contributed by atoms with Gasteiger partial charge in [-0.15, -0.1) is 5.10 Å². The lowest BCUT2D eigenvalue weighted by atomic mass is 9.98. The highest BCUT2D eigenvalue weighted by atomic mass is 16.5. The molecule has 1 aliphatic rings. The number of esters is 1. The average Bonchev–Trinajstić information content (AvgIpc) is 3.19. The first kappa shape index (κ1) is 18.1. The van der Waals surface area contributed by atoms with Gasteiger partial charge in [0.25, 0.3) is 0 Å². The molecule has 4 rings (SSSR count). The number of aromatic amines is 1. The fraction of sp³-hybridized carbons (Fsp3) is 0.421. The SMILES string of the molecule is CCOC(=O)C1CCCN(c2nc(Nc3ccc(C)cc3)c3n[nH]nc3n2)C1. The number of anilines is 3. The summed E-state index contributed by atoms with van der Waals surface area (Å²) in [6, 6.07) is 8.03. The molecule has 3 heterocycles. The van der Waals surface area contributed by atoms with Gasteiger partial charge in [-0.05, 0) is 38.8 Å². The summed E-state index contributed by atoms with van der Waals surface area (Å²) in [6.45, 7) is 5.57. The smallest absolute Gasteiger partial charge is 0.310 e. The Morgan fingerprint density at radius 3 is 2.89 bits per heavy atom. The molecule has 1 aliphatic heterocycles. The molecule has 1 aromatic carbocycles. The van der Waals surface area contributed by atoms with Crippen LogP contribution in [0.5, 0.6) is 0 Å². The maximum Gasteiger partial charge on any atom is 0.310 e. The van der Waals surface area contributed by atoms with Crippen molar-refractivity contribution in [1.29, 1.82) is 0 Å². The predicted molar refractivity (Wildman–Crippen MR) is 106 cm³/mol. The van der Waals surface area contributed by atoms with Crippen molar-refractivity contribution in [2.75, 3.05) is 29.9 Å². The molecule has 1 fully saturated rings. The summed E-state index contributed by atoms with van der Waals surface area (Å²) in [4.78, 5) is 23.4. The zero-order chi connectivity index (χ0) is 19.5. The van der Waals surface area contributed by atoms with Crippen molar-refractivity contribution in [3.05, 3.63) is 29.8 Å². The number of ether oxygens (including phenoxy) is 1. The minimum absolute atomic E-state index is 0.160. The van der Waals surface area contributed by atoms with E-state index in [0.717, 1.165) is 25.1 Å². The monoisotopic (exact) mass is 381 g/mol. The number of hydrogen-bond acceptors (Lipinski definition) is 8. The van der Waals surface area contributed by atoms with E-state index in [1.54, 1.807) is 0 Å². The normalized spacial score (nSPS) is 16.9. The van der Waals surface area contributed by atoms with Crippen molar-refractivity contribution in [3.63, 3.8) is 0 Å². The number of piperidine rings is 1. The van der Waals surface area contributed by atoms with E-state index in [4.69, 9.17) is 4.74 Å². The van der Waals surface area contributed by atoms with Gasteiger partial charge < -0.3 is 15.0 Å². The molecule has 9 heteroatoms. The van der Waals surface area contributed by atoms with Crippen molar-refractivity contribution >= 4 is 34.6 Å². The van der Waals surface area contributed by atoms with Crippen LogP contribution in [0, 0.1) is 12.8 Å². The number of benzene rings is 1. The third kappa shape index (κ3) is 3.73. The van der Waals surface area contributed by atoms with Crippen LogP contribution in [-0.4, -0.2) is 51.0 Å². The maximum absolute atomic E-state index is 12.2. The van der Waals surface area contributed by atoms with Crippen LogP contribution in [-0.2, 0) is 9.53 Å². The molecule has 0 bridgehead atoms. The summed E-state index contributed by atoms with van der Waals surface area (Å²) in [5.41, 5.74) is 3.14. The summed E-state index contributed by atoms with van der Waals surface area (Å²) in [7, 11) is 0. The molecule has 28 heavy (non-hydrogen) atoms. The summed E-state index contributed by atoms with van der Waals surface area (Å²) in [5.74, 6) is 0.785. The number of nitrogens with one attached hydrogen (secondary N) is 2. The van der Waals surface area contributed by atoms with Gasteiger partial charge in [0.15, 0.2) is 11.3 Å². The Morgan fingerprint density at radius 2 is 2.11 bits per heavy atom. The highest BCUT2D eigenvalue weighted by Crippen LogP contribution is 2.27. The lowest BCUT2D eigenvalue weighted by molar-refractivity contribution is -0.148. The topological polar surface area (TPSA) is 109 Å². The van der Waals surface area contributed by atoms with Crippen LogP contribution in [0.4, 0.5) is 17.5 Å². The average molecular weight is 381 g/mol. The van der Waals surface area contributed by atoms with E-state index in [2.05, 4.69) is 30.7 Å². The number of nitrogens with zero attached hydrogens (tertiary/aromatic N) is 5. The molecule has 1 atom stereocenters. The number of fused-ring (bicyclic) bond motifs is 1. The van der Waals surface area contributed by atoms with E-state index in [1.165, 1.54) is 5.56 Å². The second kappa shape index (κ2) is 7.79. The Labute approximate surface area is 162 Å². The van der Waals surface area contributed by atoms with Crippen molar-refractivity contribution in [2.45, 2.75) is 26.7 Å². The number of rotatable bonds is 5. The van der Waals surface area contributed by atoms with E-state index in [0.29, 0.717) is 36.1 Å². The Hall–Kier alpha value is -3.23. The van der Waals surface area contributed by atoms with Gasteiger partial charge in [0.1, 0.15) is 0 Å². The van der Waals surface area contributed by atoms with Gasteiger partial charge in [0.2, 0.25) is 11.6 Å². The first-order valence-electron chi connectivity index (χ1n) is 9.48. The van der Waals surface area contributed by atoms with E-state index >= 15 is 0 Å². The van der Waals surface area contributed by atoms with Gasteiger partial charge in [-0.25, -0.2) is 0 Å². The van der Waals surface area contributed by atoms with Crippen LogP contribution in [0.3, 0.4) is 0 Å². The second-order valence-corrected chi connectivity index (χ2v) is 6.90. The fourth-order valence-corrected chi connectivity index (χ4v) is 3.35. The molecule has 0 radical (unpaired) electrons. The molecule has 0 spiro atoms. The first-order valence-corrected chi connectivity index (χ1v) is 9.48. The van der Waals surface area contributed by atoms with E-state index in [1.807, 2.05) is 43.0 Å². The number of H-pyrrole nitrogens is 1. The zero-order valence-electron chi connectivity index (χ0n) is 16.0. The Kier molecular flexibility index (Phi) is 5.05. The lowest BCUT2D eigenvalue weighted by Crippen LogP contribution is -2.40. The number of hydrogen-bond donors (Lipinski definition) is 2. The summed E-state index contributed by atoms with van der Waals surface area (Å²) >= 11 is 0. The van der Waals surface area contributed by atoms with E-state index < -0.39 is 0 Å². The number of aromatic nitrogens is 5. The Morgan fingerprint density at radius 1 is 1.29 bits per heavy atom. The quantitative estimate of drug-likeness (QED) is 0.649. The van der Waals surface area contributed by atoms with Gasteiger partial charge in [-0.2, -0.15) is 20.3 Å². The van der Waals surface area contributed by atoms with E-state index in [9.17, 15) is 4.79 Å². The lowest BCUT2D eigenvalue weighted by Gasteiger charge is -2.31. The largest absolute Gasteiger partial charge is 0.466 e. The fourth-order valence-electron chi connectivity index (χ4n) is 3.35. The molecule has 9 nitrogen and oxygen atoms in total. The van der Waals surface area contributed by atoms with Gasteiger partial charge in [0.05, 0.1) is 12.5 Å². The van der Waals surface area contributed by atoms with Crippen LogP contribution in [0.2, 0.25) is 0 Å². The summed E-state index contributed by atoms with van der Waals surface area (Å²) < 4.78 is 5.19. The Balaban J connectivity index is 1.62. The minimum Gasteiger partial charge on any atom is -0.466 e. The van der Waals surface area contributed by atoms with Crippen LogP contribution in [0.15, 0.2) is 24.3 Å².